The lowest BCUT2D eigenvalue weighted by atomic mass is 10.1. The van der Waals surface area contributed by atoms with Crippen molar-refractivity contribution in [3.63, 3.8) is 0 Å². The monoisotopic (exact) mass is 444 g/mol. The van der Waals surface area contributed by atoms with Crippen molar-refractivity contribution >= 4 is 5.91 Å². The maximum Gasteiger partial charge on any atom is 0.387 e. The molecule has 2 saturated heterocycles. The lowest BCUT2D eigenvalue weighted by Crippen LogP contribution is -2.38. The van der Waals surface area contributed by atoms with Gasteiger partial charge in [-0.05, 0) is 50.3 Å². The molecule has 32 heavy (non-hydrogen) atoms. The molecular formula is C25H30F2N2O3. The van der Waals surface area contributed by atoms with E-state index >= 15 is 0 Å². The highest BCUT2D eigenvalue weighted by Crippen LogP contribution is 2.27. The van der Waals surface area contributed by atoms with Gasteiger partial charge in [-0.2, -0.15) is 8.78 Å². The quantitative estimate of drug-likeness (QED) is 0.606. The summed E-state index contributed by atoms with van der Waals surface area (Å²) in [5, 5.41) is 0. The summed E-state index contributed by atoms with van der Waals surface area (Å²) in [6, 6.07) is 14.4. The van der Waals surface area contributed by atoms with E-state index in [1.54, 1.807) is 12.1 Å². The molecule has 0 radical (unpaired) electrons. The number of carbonyl (C=O) groups excluding carboxylic acids is 1. The predicted octanol–water partition coefficient (Wildman–Crippen LogP) is 4.96. The normalized spacial score (nSPS) is 18.0. The van der Waals surface area contributed by atoms with Crippen molar-refractivity contribution in [1.29, 1.82) is 0 Å². The summed E-state index contributed by atoms with van der Waals surface area (Å²) in [6.45, 7) is 0.916. The molecule has 2 aromatic rings. The van der Waals surface area contributed by atoms with Gasteiger partial charge >= 0.3 is 6.61 Å². The molecule has 0 aliphatic carbocycles. The summed E-state index contributed by atoms with van der Waals surface area (Å²) in [7, 11) is 0. The van der Waals surface area contributed by atoms with E-state index in [9.17, 15) is 13.6 Å². The lowest BCUT2D eigenvalue weighted by molar-refractivity contribution is -0.0508. The van der Waals surface area contributed by atoms with Gasteiger partial charge in [-0.15, -0.1) is 0 Å². The van der Waals surface area contributed by atoms with E-state index in [1.165, 1.54) is 6.42 Å². The topological polar surface area (TPSA) is 42.0 Å². The number of halogens is 2. The molecule has 4 rings (SSSR count). The van der Waals surface area contributed by atoms with Crippen LogP contribution in [0.25, 0.3) is 0 Å². The maximum absolute atomic E-state index is 13.0. The fourth-order valence-electron chi connectivity index (χ4n) is 4.46. The summed E-state index contributed by atoms with van der Waals surface area (Å²) < 4.78 is 36.3. The van der Waals surface area contributed by atoms with Gasteiger partial charge < -0.3 is 14.4 Å². The van der Waals surface area contributed by atoms with Crippen LogP contribution in [0.4, 0.5) is 8.78 Å². The van der Waals surface area contributed by atoms with Crippen LogP contribution in [-0.4, -0.2) is 54.6 Å². The van der Waals surface area contributed by atoms with Crippen LogP contribution in [0.15, 0.2) is 48.5 Å². The highest BCUT2D eigenvalue weighted by molar-refractivity contribution is 5.97. The van der Waals surface area contributed by atoms with E-state index in [1.807, 2.05) is 41.3 Å². The highest BCUT2D eigenvalue weighted by Gasteiger charge is 2.25. The summed E-state index contributed by atoms with van der Waals surface area (Å²) in [5.41, 5.74) is 1.39. The molecule has 0 unspecified atom stereocenters. The van der Waals surface area contributed by atoms with E-state index in [2.05, 4.69) is 9.64 Å². The molecule has 0 aromatic heterocycles. The number of benzene rings is 2. The van der Waals surface area contributed by atoms with Crippen LogP contribution in [0.2, 0.25) is 0 Å². The van der Waals surface area contributed by atoms with Gasteiger partial charge in [0.15, 0.2) is 0 Å². The van der Waals surface area contributed by atoms with Crippen LogP contribution >= 0.6 is 0 Å². The molecule has 2 heterocycles. The zero-order valence-electron chi connectivity index (χ0n) is 18.2. The van der Waals surface area contributed by atoms with E-state index in [4.69, 9.17) is 4.74 Å². The number of hydrogen-bond acceptors (Lipinski definition) is 4. The Morgan fingerprint density at radius 1 is 0.906 bits per heavy atom. The second-order valence-electron chi connectivity index (χ2n) is 8.43. The molecule has 2 aliphatic rings. The average Bonchev–Trinajstić information content (AvgIpc) is 2.82. The SMILES string of the molecule is O=C(c1ccccc1OC1CCN(Cc2ccccc2OC(F)F)CC1)N1CCCCC1. The first-order chi connectivity index (χ1) is 15.6. The smallest absolute Gasteiger partial charge is 0.387 e. The molecule has 172 valence electrons. The Hall–Kier alpha value is -2.67. The minimum absolute atomic E-state index is 0.0223. The van der Waals surface area contributed by atoms with Crippen molar-refractivity contribution in [3.8, 4) is 11.5 Å². The molecule has 2 aromatic carbocycles. The third-order valence-corrected chi connectivity index (χ3v) is 6.17. The van der Waals surface area contributed by atoms with Gasteiger partial charge in [0.05, 0.1) is 5.56 Å². The Labute approximate surface area is 187 Å². The van der Waals surface area contributed by atoms with Crippen LogP contribution in [0.3, 0.4) is 0 Å². The number of hydrogen-bond donors (Lipinski definition) is 0. The van der Waals surface area contributed by atoms with Gasteiger partial charge in [-0.3, -0.25) is 9.69 Å². The summed E-state index contributed by atoms with van der Waals surface area (Å²) in [5.74, 6) is 0.927. The Kier molecular flexibility index (Phi) is 7.58. The van der Waals surface area contributed by atoms with Crippen molar-refractivity contribution in [1.82, 2.24) is 9.80 Å². The van der Waals surface area contributed by atoms with Gasteiger partial charge in [-0.25, -0.2) is 0 Å². The largest absolute Gasteiger partial charge is 0.489 e. The molecule has 1 amide bonds. The molecule has 2 fully saturated rings. The fraction of sp³-hybridized carbons (Fsp3) is 0.480. The minimum atomic E-state index is -2.83. The highest BCUT2D eigenvalue weighted by atomic mass is 19.3. The lowest BCUT2D eigenvalue weighted by Gasteiger charge is -2.33. The number of amides is 1. The molecule has 7 heteroatoms. The number of nitrogens with zero attached hydrogens (tertiary/aromatic N) is 2. The number of alkyl halides is 2. The zero-order chi connectivity index (χ0) is 22.3. The van der Waals surface area contributed by atoms with Crippen LogP contribution in [0.5, 0.6) is 11.5 Å². The number of piperidine rings is 2. The molecule has 0 atom stereocenters. The predicted molar refractivity (Wildman–Crippen MR) is 118 cm³/mol. The number of rotatable bonds is 7. The van der Waals surface area contributed by atoms with Crippen LogP contribution in [-0.2, 0) is 6.54 Å². The third-order valence-electron chi connectivity index (χ3n) is 6.17. The van der Waals surface area contributed by atoms with E-state index in [0.29, 0.717) is 17.9 Å². The zero-order valence-corrected chi connectivity index (χ0v) is 18.2. The van der Waals surface area contributed by atoms with Crippen molar-refractivity contribution in [2.75, 3.05) is 26.2 Å². The maximum atomic E-state index is 13.0. The van der Waals surface area contributed by atoms with E-state index in [0.717, 1.165) is 57.4 Å². The van der Waals surface area contributed by atoms with Crippen molar-refractivity contribution in [3.05, 3.63) is 59.7 Å². The summed E-state index contributed by atoms with van der Waals surface area (Å²) >= 11 is 0. The van der Waals surface area contributed by atoms with Crippen LogP contribution < -0.4 is 9.47 Å². The number of para-hydroxylation sites is 2. The van der Waals surface area contributed by atoms with Crippen LogP contribution in [0, 0.1) is 0 Å². The Bertz CT molecular complexity index is 894. The fourth-order valence-corrected chi connectivity index (χ4v) is 4.46. The van der Waals surface area contributed by atoms with E-state index < -0.39 is 6.61 Å². The molecular weight excluding hydrogens is 414 g/mol. The number of likely N-dealkylation sites (tertiary alicyclic amines) is 2. The second kappa shape index (κ2) is 10.8. The van der Waals surface area contributed by atoms with E-state index in [-0.39, 0.29) is 17.8 Å². The molecule has 0 N–H and O–H groups in total. The molecule has 2 aliphatic heterocycles. The van der Waals surface area contributed by atoms with Gasteiger partial charge in [0, 0.05) is 38.3 Å². The van der Waals surface area contributed by atoms with Gasteiger partial charge in [-0.1, -0.05) is 30.3 Å². The van der Waals surface area contributed by atoms with Gasteiger partial charge in [0.25, 0.3) is 5.91 Å². The van der Waals surface area contributed by atoms with Crippen molar-refractivity contribution in [2.24, 2.45) is 0 Å². The Balaban J connectivity index is 1.34. The first kappa shape index (κ1) is 22.5. The second-order valence-corrected chi connectivity index (χ2v) is 8.43. The van der Waals surface area contributed by atoms with Gasteiger partial charge in [0.2, 0.25) is 0 Å². The van der Waals surface area contributed by atoms with Crippen molar-refractivity contribution < 1.29 is 23.0 Å². The number of carbonyl (C=O) groups is 1. The summed E-state index contributed by atoms with van der Waals surface area (Å²) in [4.78, 5) is 17.1. The number of ether oxygens (including phenoxy) is 2. The molecule has 0 saturated carbocycles. The molecule has 0 spiro atoms. The van der Waals surface area contributed by atoms with Crippen molar-refractivity contribution in [2.45, 2.75) is 51.4 Å². The Morgan fingerprint density at radius 2 is 1.56 bits per heavy atom. The third kappa shape index (κ3) is 5.76. The average molecular weight is 445 g/mol. The van der Waals surface area contributed by atoms with Crippen LogP contribution in [0.1, 0.15) is 48.0 Å². The Morgan fingerprint density at radius 3 is 2.28 bits per heavy atom. The van der Waals surface area contributed by atoms with Gasteiger partial charge in [0.1, 0.15) is 17.6 Å². The molecule has 0 bridgehead atoms. The summed E-state index contributed by atoms with van der Waals surface area (Å²) in [6.07, 6.45) is 4.93. The molecule has 5 nitrogen and oxygen atoms in total. The first-order valence-electron chi connectivity index (χ1n) is 11.4. The first-order valence-corrected chi connectivity index (χ1v) is 11.4. The minimum Gasteiger partial charge on any atom is -0.489 e. The standard InChI is InChI=1S/C25H30F2N2O3/c26-25(27)32-22-10-4-2-8-19(22)18-28-16-12-20(13-17-28)31-23-11-5-3-9-21(23)24(30)29-14-6-1-7-15-29/h2-5,8-11,20,25H,1,6-7,12-18H2.